The van der Waals surface area contributed by atoms with Crippen LogP contribution in [0.3, 0.4) is 0 Å². The van der Waals surface area contributed by atoms with Gasteiger partial charge in [0.05, 0.1) is 11.1 Å². The molecule has 4 nitrogen and oxygen atoms in total. The fourth-order valence-electron chi connectivity index (χ4n) is 4.42. The normalized spacial score (nSPS) is 23.5. The van der Waals surface area contributed by atoms with E-state index in [0.29, 0.717) is 41.0 Å². The Balaban J connectivity index is 1.56. The van der Waals surface area contributed by atoms with Crippen molar-refractivity contribution < 1.29 is 14.6 Å². The van der Waals surface area contributed by atoms with E-state index in [0.717, 1.165) is 18.7 Å². The molecule has 2 aliphatic heterocycles. The first-order chi connectivity index (χ1) is 14.0. The number of ketones is 1. The number of rotatable bonds is 4. The van der Waals surface area contributed by atoms with E-state index in [4.69, 9.17) is 4.74 Å². The summed E-state index contributed by atoms with van der Waals surface area (Å²) in [6.07, 6.45) is 6.68. The number of hydrogen-bond donors (Lipinski definition) is 1. The van der Waals surface area contributed by atoms with Gasteiger partial charge >= 0.3 is 0 Å². The highest BCUT2D eigenvalue weighted by Crippen LogP contribution is 2.40. The minimum atomic E-state index is -0.139. The average molecular weight is 389 g/mol. The van der Waals surface area contributed by atoms with Crippen molar-refractivity contribution in [3.8, 4) is 11.5 Å². The molecule has 0 saturated carbocycles. The van der Waals surface area contributed by atoms with Gasteiger partial charge in [0.2, 0.25) is 5.78 Å². The van der Waals surface area contributed by atoms with Gasteiger partial charge in [0.15, 0.2) is 5.76 Å². The zero-order valence-corrected chi connectivity index (χ0v) is 17.0. The van der Waals surface area contributed by atoms with Crippen LogP contribution in [0.4, 0.5) is 0 Å². The highest BCUT2D eigenvalue weighted by molar-refractivity contribution is 6.12. The third-order valence-corrected chi connectivity index (χ3v) is 5.58. The van der Waals surface area contributed by atoms with Gasteiger partial charge in [0, 0.05) is 19.6 Å². The molecule has 0 amide bonds. The lowest BCUT2D eigenvalue weighted by Gasteiger charge is -2.35. The zero-order chi connectivity index (χ0) is 20.4. The maximum absolute atomic E-state index is 12.8. The lowest BCUT2D eigenvalue weighted by Crippen LogP contribution is -2.38. The smallest absolute Gasteiger partial charge is 0.231 e. The molecule has 2 aromatic rings. The minimum absolute atomic E-state index is 0.139. The standard InChI is InChI=1S/C25H27NO3/c1-17-13-18(2)15-26(14-17)16-21-22(27)12-11-20-24(28)23(29-25(20)21)10-6-9-19-7-4-3-5-8-19/h3-12,17-18,27H,13-16H2,1-2H3/b9-6+,23-10-. The van der Waals surface area contributed by atoms with Gasteiger partial charge in [-0.05, 0) is 42.0 Å². The Morgan fingerprint density at radius 1 is 1.10 bits per heavy atom. The first-order valence-electron chi connectivity index (χ1n) is 10.2. The molecule has 2 heterocycles. The van der Waals surface area contributed by atoms with Gasteiger partial charge in [0.25, 0.3) is 0 Å². The lowest BCUT2D eigenvalue weighted by atomic mass is 9.91. The summed E-state index contributed by atoms with van der Waals surface area (Å²) in [7, 11) is 0. The molecule has 2 aromatic carbocycles. The molecule has 1 N–H and O–H groups in total. The lowest BCUT2D eigenvalue weighted by molar-refractivity contribution is 0.101. The van der Waals surface area contributed by atoms with Crippen LogP contribution in [0.5, 0.6) is 11.5 Å². The molecule has 0 bridgehead atoms. The molecule has 0 aliphatic carbocycles. The van der Waals surface area contributed by atoms with Crippen molar-refractivity contribution >= 4 is 11.9 Å². The zero-order valence-electron chi connectivity index (χ0n) is 17.0. The van der Waals surface area contributed by atoms with Gasteiger partial charge in [-0.1, -0.05) is 56.3 Å². The van der Waals surface area contributed by atoms with Crippen molar-refractivity contribution in [2.75, 3.05) is 13.1 Å². The molecular weight excluding hydrogens is 362 g/mol. The molecule has 29 heavy (non-hydrogen) atoms. The number of ether oxygens (including phenoxy) is 1. The minimum Gasteiger partial charge on any atom is -0.507 e. The Morgan fingerprint density at radius 2 is 1.83 bits per heavy atom. The number of likely N-dealkylation sites (tertiary alicyclic amines) is 1. The average Bonchev–Trinajstić information content (AvgIpc) is 3.00. The van der Waals surface area contributed by atoms with Crippen LogP contribution in [0.25, 0.3) is 6.08 Å². The number of carbonyl (C=O) groups excluding carboxylic acids is 1. The van der Waals surface area contributed by atoms with Gasteiger partial charge in [-0.3, -0.25) is 9.69 Å². The number of piperidine rings is 1. The molecule has 4 rings (SSSR count). The fraction of sp³-hybridized carbons (Fsp3) is 0.320. The van der Waals surface area contributed by atoms with Crippen molar-refractivity contribution in [3.05, 3.63) is 77.1 Å². The Morgan fingerprint density at radius 3 is 2.55 bits per heavy atom. The van der Waals surface area contributed by atoms with E-state index in [9.17, 15) is 9.90 Å². The molecule has 1 saturated heterocycles. The van der Waals surface area contributed by atoms with Gasteiger partial charge < -0.3 is 9.84 Å². The van der Waals surface area contributed by atoms with Crippen LogP contribution in [0.15, 0.2) is 60.4 Å². The molecular formula is C25H27NO3. The molecule has 2 aliphatic rings. The molecule has 0 aromatic heterocycles. The van der Waals surface area contributed by atoms with E-state index in [1.807, 2.05) is 42.5 Å². The highest BCUT2D eigenvalue weighted by atomic mass is 16.5. The third-order valence-electron chi connectivity index (χ3n) is 5.58. The predicted octanol–water partition coefficient (Wildman–Crippen LogP) is 5.04. The summed E-state index contributed by atoms with van der Waals surface area (Å²) in [5.41, 5.74) is 2.28. The second-order valence-electron chi connectivity index (χ2n) is 8.31. The number of benzene rings is 2. The first-order valence-corrected chi connectivity index (χ1v) is 10.2. The maximum atomic E-state index is 12.8. The Bertz CT molecular complexity index is 952. The monoisotopic (exact) mass is 389 g/mol. The topological polar surface area (TPSA) is 49.8 Å². The van der Waals surface area contributed by atoms with E-state index in [1.54, 1.807) is 18.2 Å². The summed E-state index contributed by atoms with van der Waals surface area (Å²) >= 11 is 0. The maximum Gasteiger partial charge on any atom is 0.231 e. The number of carbonyl (C=O) groups is 1. The molecule has 0 spiro atoms. The van der Waals surface area contributed by atoms with Crippen LogP contribution in [0.2, 0.25) is 0 Å². The van der Waals surface area contributed by atoms with Crippen molar-refractivity contribution in [3.63, 3.8) is 0 Å². The number of Topliss-reactive ketones (excluding diaryl/α,β-unsaturated/α-hetero) is 1. The van der Waals surface area contributed by atoms with E-state index in [2.05, 4.69) is 18.7 Å². The summed E-state index contributed by atoms with van der Waals surface area (Å²) in [6.45, 7) is 7.09. The van der Waals surface area contributed by atoms with Crippen LogP contribution < -0.4 is 4.74 Å². The van der Waals surface area contributed by atoms with Crippen LogP contribution in [-0.2, 0) is 6.54 Å². The number of hydrogen-bond acceptors (Lipinski definition) is 4. The van der Waals surface area contributed by atoms with Crippen molar-refractivity contribution in [2.24, 2.45) is 11.8 Å². The Kier molecular flexibility index (Phi) is 5.54. The molecule has 2 atom stereocenters. The highest BCUT2D eigenvalue weighted by Gasteiger charge is 2.32. The quantitative estimate of drug-likeness (QED) is 0.744. The second kappa shape index (κ2) is 8.26. The Labute approximate surface area is 172 Å². The summed E-state index contributed by atoms with van der Waals surface area (Å²) in [5.74, 6) is 2.08. The molecule has 1 fully saturated rings. The number of fused-ring (bicyclic) bond motifs is 1. The number of aromatic hydroxyl groups is 1. The van der Waals surface area contributed by atoms with E-state index < -0.39 is 0 Å². The second-order valence-corrected chi connectivity index (χ2v) is 8.31. The van der Waals surface area contributed by atoms with Gasteiger partial charge in [-0.15, -0.1) is 0 Å². The predicted molar refractivity (Wildman–Crippen MR) is 115 cm³/mol. The van der Waals surface area contributed by atoms with Crippen LogP contribution in [-0.4, -0.2) is 28.9 Å². The van der Waals surface area contributed by atoms with Crippen LogP contribution >= 0.6 is 0 Å². The number of phenols is 1. The summed E-state index contributed by atoms with van der Waals surface area (Å²) in [6, 6.07) is 13.2. The van der Waals surface area contributed by atoms with Gasteiger partial charge in [-0.25, -0.2) is 0 Å². The van der Waals surface area contributed by atoms with Gasteiger partial charge in [-0.2, -0.15) is 0 Å². The SMILES string of the molecule is CC1CC(C)CN(Cc2c(O)ccc3c2O/C(=C\C=C\c2ccccc2)C3=O)C1. The first kappa shape index (κ1) is 19.5. The summed E-state index contributed by atoms with van der Waals surface area (Å²) in [4.78, 5) is 15.1. The molecule has 0 radical (unpaired) electrons. The van der Waals surface area contributed by atoms with E-state index in [-0.39, 0.29) is 11.5 Å². The summed E-state index contributed by atoms with van der Waals surface area (Å²) in [5, 5.41) is 10.5. The number of phenolic OH excluding ortho intramolecular Hbond substituents is 1. The molecule has 4 heteroatoms. The van der Waals surface area contributed by atoms with Crippen LogP contribution in [0, 0.1) is 11.8 Å². The third kappa shape index (κ3) is 4.28. The largest absolute Gasteiger partial charge is 0.507 e. The van der Waals surface area contributed by atoms with Gasteiger partial charge in [0.1, 0.15) is 11.5 Å². The van der Waals surface area contributed by atoms with E-state index >= 15 is 0 Å². The number of allylic oxidation sites excluding steroid dienone is 3. The number of nitrogens with zero attached hydrogens (tertiary/aromatic N) is 1. The molecule has 150 valence electrons. The van der Waals surface area contributed by atoms with Crippen molar-refractivity contribution in [1.29, 1.82) is 0 Å². The van der Waals surface area contributed by atoms with Crippen molar-refractivity contribution in [1.82, 2.24) is 4.90 Å². The molecule has 2 unspecified atom stereocenters. The Hall–Kier alpha value is -2.85. The van der Waals surface area contributed by atoms with Crippen molar-refractivity contribution in [2.45, 2.75) is 26.8 Å². The summed E-state index contributed by atoms with van der Waals surface area (Å²) < 4.78 is 5.94. The van der Waals surface area contributed by atoms with Crippen LogP contribution in [0.1, 0.15) is 41.8 Å². The fourth-order valence-corrected chi connectivity index (χ4v) is 4.42. The van der Waals surface area contributed by atoms with E-state index in [1.165, 1.54) is 6.42 Å².